The summed E-state index contributed by atoms with van der Waals surface area (Å²) in [6.45, 7) is 3.55. The minimum Gasteiger partial charge on any atom is -0.338 e. The van der Waals surface area contributed by atoms with E-state index in [1.54, 1.807) is 4.31 Å². The Hall–Kier alpha value is -0.620. The van der Waals surface area contributed by atoms with E-state index in [0.717, 1.165) is 45.1 Å². The van der Waals surface area contributed by atoms with E-state index in [9.17, 15) is 13.2 Å². The summed E-state index contributed by atoms with van der Waals surface area (Å²) in [6.07, 6.45) is 5.31. The van der Waals surface area contributed by atoms with Crippen molar-refractivity contribution in [2.75, 3.05) is 13.1 Å². The first kappa shape index (κ1) is 14.0. The van der Waals surface area contributed by atoms with Gasteiger partial charge in [-0.25, -0.2) is 8.42 Å². The summed E-state index contributed by atoms with van der Waals surface area (Å²) < 4.78 is 26.7. The lowest BCUT2D eigenvalue weighted by Crippen LogP contribution is -2.46. The number of carbonyl (C=O) groups is 1. The van der Waals surface area contributed by atoms with E-state index in [2.05, 4.69) is 6.92 Å². The largest absolute Gasteiger partial charge is 0.338 e. The molecule has 2 atom stereocenters. The average Bonchev–Trinajstić information content (AvgIpc) is 3.05. The summed E-state index contributed by atoms with van der Waals surface area (Å²) >= 11 is 0. The highest BCUT2D eigenvalue weighted by atomic mass is 32.2. The molecule has 21 heavy (non-hydrogen) atoms. The third-order valence-electron chi connectivity index (χ3n) is 5.80. The van der Waals surface area contributed by atoms with Crippen molar-refractivity contribution in [3.05, 3.63) is 0 Å². The van der Waals surface area contributed by atoms with Gasteiger partial charge >= 0.3 is 0 Å². The molecule has 0 aromatic carbocycles. The summed E-state index contributed by atoms with van der Waals surface area (Å²) in [5.41, 5.74) is 0. The van der Waals surface area contributed by atoms with Gasteiger partial charge in [0, 0.05) is 31.1 Å². The van der Waals surface area contributed by atoms with Crippen LogP contribution in [0.2, 0.25) is 0 Å². The fraction of sp³-hybridized carbons (Fsp3) is 0.933. The molecule has 2 saturated heterocycles. The zero-order valence-electron chi connectivity index (χ0n) is 12.6. The van der Waals surface area contributed by atoms with Gasteiger partial charge in [-0.1, -0.05) is 6.92 Å². The van der Waals surface area contributed by atoms with Crippen LogP contribution in [0.25, 0.3) is 0 Å². The molecule has 4 fully saturated rings. The van der Waals surface area contributed by atoms with Crippen LogP contribution in [0.1, 0.15) is 45.4 Å². The van der Waals surface area contributed by atoms with Crippen molar-refractivity contribution >= 4 is 15.9 Å². The van der Waals surface area contributed by atoms with Crippen molar-refractivity contribution in [2.24, 2.45) is 11.8 Å². The fourth-order valence-electron chi connectivity index (χ4n) is 4.43. The summed E-state index contributed by atoms with van der Waals surface area (Å²) in [6, 6.07) is 0.194. The molecule has 0 spiro atoms. The van der Waals surface area contributed by atoms with Crippen molar-refractivity contribution < 1.29 is 13.2 Å². The predicted molar refractivity (Wildman–Crippen MR) is 79.1 cm³/mol. The lowest BCUT2D eigenvalue weighted by Gasteiger charge is -2.36. The Labute approximate surface area is 126 Å². The van der Waals surface area contributed by atoms with E-state index in [1.165, 1.54) is 0 Å². The first-order valence-corrected chi connectivity index (χ1v) is 9.80. The highest BCUT2D eigenvalue weighted by Crippen LogP contribution is 2.41. The van der Waals surface area contributed by atoms with E-state index in [4.69, 9.17) is 0 Å². The quantitative estimate of drug-likeness (QED) is 0.787. The molecule has 4 rings (SSSR count). The third kappa shape index (κ3) is 2.13. The van der Waals surface area contributed by atoms with Gasteiger partial charge < -0.3 is 4.90 Å². The normalized spacial score (nSPS) is 40.1. The standard InChI is InChI=1S/C15H24N2O3S/c1-10-8-11(9-10)15(18)16-6-4-14-13(16)5-7-17(14)21(19,20)12-2-3-12/h10-14H,2-9H2,1H3/t10?,11?,13-,14+/m1/s1. The number of amides is 1. The minimum atomic E-state index is -3.09. The molecule has 0 aromatic rings. The van der Waals surface area contributed by atoms with Gasteiger partial charge in [0.1, 0.15) is 0 Å². The Morgan fingerprint density at radius 3 is 2.29 bits per heavy atom. The molecule has 2 aliphatic carbocycles. The second-order valence-electron chi connectivity index (χ2n) is 7.37. The Morgan fingerprint density at radius 1 is 1.00 bits per heavy atom. The molecular formula is C15H24N2O3S. The first-order chi connectivity index (χ1) is 9.98. The fourth-order valence-corrected chi connectivity index (χ4v) is 6.53. The number of rotatable bonds is 3. The lowest BCUT2D eigenvalue weighted by molar-refractivity contribution is -0.140. The first-order valence-electron chi connectivity index (χ1n) is 8.29. The van der Waals surface area contributed by atoms with Crippen molar-refractivity contribution in [2.45, 2.75) is 62.8 Å². The van der Waals surface area contributed by atoms with E-state index < -0.39 is 10.0 Å². The van der Waals surface area contributed by atoms with Crippen molar-refractivity contribution in [3.63, 3.8) is 0 Å². The molecular weight excluding hydrogens is 288 g/mol. The summed E-state index contributed by atoms with van der Waals surface area (Å²) in [5, 5.41) is -0.131. The molecule has 6 heteroatoms. The number of nitrogens with zero attached hydrogens (tertiary/aromatic N) is 2. The highest BCUT2D eigenvalue weighted by Gasteiger charge is 2.52. The zero-order chi connectivity index (χ0) is 14.8. The summed E-state index contributed by atoms with van der Waals surface area (Å²) in [5.74, 6) is 1.16. The van der Waals surface area contributed by atoms with Crippen LogP contribution in [0.15, 0.2) is 0 Å². The highest BCUT2D eigenvalue weighted by molar-refractivity contribution is 7.90. The molecule has 1 amide bonds. The molecule has 5 nitrogen and oxygen atoms in total. The molecule has 0 unspecified atom stereocenters. The summed E-state index contributed by atoms with van der Waals surface area (Å²) in [7, 11) is -3.09. The van der Waals surface area contributed by atoms with Gasteiger partial charge in [0.05, 0.1) is 5.25 Å². The van der Waals surface area contributed by atoms with Gasteiger partial charge in [-0.3, -0.25) is 4.79 Å². The molecule has 4 aliphatic rings. The van der Waals surface area contributed by atoms with Crippen LogP contribution in [0.3, 0.4) is 0 Å². The Balaban J connectivity index is 1.47. The van der Waals surface area contributed by atoms with Gasteiger partial charge in [-0.15, -0.1) is 0 Å². The monoisotopic (exact) mass is 312 g/mol. The van der Waals surface area contributed by atoms with Crippen LogP contribution in [0.4, 0.5) is 0 Å². The lowest BCUT2D eigenvalue weighted by atomic mass is 9.75. The van der Waals surface area contributed by atoms with E-state index >= 15 is 0 Å². The summed E-state index contributed by atoms with van der Waals surface area (Å²) in [4.78, 5) is 14.6. The number of likely N-dealkylation sites (tertiary alicyclic amines) is 1. The van der Waals surface area contributed by atoms with Crippen molar-refractivity contribution in [1.82, 2.24) is 9.21 Å². The van der Waals surface area contributed by atoms with Gasteiger partial charge in [0.2, 0.25) is 15.9 Å². The molecule has 0 radical (unpaired) electrons. The topological polar surface area (TPSA) is 57.7 Å². The van der Waals surface area contributed by atoms with E-state index in [1.807, 2.05) is 4.90 Å². The Bertz CT molecular complexity index is 551. The van der Waals surface area contributed by atoms with Crippen LogP contribution >= 0.6 is 0 Å². The molecule has 2 heterocycles. The van der Waals surface area contributed by atoms with Crippen molar-refractivity contribution in [1.29, 1.82) is 0 Å². The molecule has 0 bridgehead atoms. The number of carbonyl (C=O) groups excluding carboxylic acids is 1. The van der Waals surface area contributed by atoms with Gasteiger partial charge in [0.25, 0.3) is 0 Å². The maximum absolute atomic E-state index is 12.6. The smallest absolute Gasteiger partial charge is 0.226 e. The number of hydrogen-bond donors (Lipinski definition) is 0. The Kier molecular flexibility index (Phi) is 3.12. The minimum absolute atomic E-state index is 0.0528. The molecule has 0 N–H and O–H groups in total. The second kappa shape index (κ2) is 4.69. The zero-order valence-corrected chi connectivity index (χ0v) is 13.4. The SMILES string of the molecule is CC1CC(C(=O)N2CC[C@H]3[C@H]2CCN3S(=O)(=O)C2CC2)C1. The maximum atomic E-state index is 12.6. The molecule has 2 saturated carbocycles. The second-order valence-corrected chi connectivity index (χ2v) is 9.54. The maximum Gasteiger partial charge on any atom is 0.226 e. The van der Waals surface area contributed by atoms with Crippen molar-refractivity contribution in [3.8, 4) is 0 Å². The number of sulfonamides is 1. The van der Waals surface area contributed by atoms with Gasteiger partial charge in [-0.2, -0.15) is 4.31 Å². The van der Waals surface area contributed by atoms with Crippen LogP contribution in [0, 0.1) is 11.8 Å². The molecule has 118 valence electrons. The average molecular weight is 312 g/mol. The van der Waals surface area contributed by atoms with E-state index in [-0.39, 0.29) is 29.2 Å². The third-order valence-corrected chi connectivity index (χ3v) is 8.22. The van der Waals surface area contributed by atoms with Gasteiger partial charge in [0.15, 0.2) is 0 Å². The molecule has 2 aliphatic heterocycles. The van der Waals surface area contributed by atoms with Crippen LogP contribution in [-0.2, 0) is 14.8 Å². The van der Waals surface area contributed by atoms with Crippen LogP contribution in [0.5, 0.6) is 0 Å². The Morgan fingerprint density at radius 2 is 1.67 bits per heavy atom. The van der Waals surface area contributed by atoms with E-state index in [0.29, 0.717) is 12.5 Å². The number of hydrogen-bond acceptors (Lipinski definition) is 3. The predicted octanol–water partition coefficient (Wildman–Crippen LogP) is 1.20. The van der Waals surface area contributed by atoms with Gasteiger partial charge in [-0.05, 0) is 44.4 Å². The van der Waals surface area contributed by atoms with Crippen LogP contribution in [-0.4, -0.2) is 54.0 Å². The van der Waals surface area contributed by atoms with Crippen LogP contribution < -0.4 is 0 Å². The number of fused-ring (bicyclic) bond motifs is 1. The molecule has 0 aromatic heterocycles.